The molecule has 2 N–H and O–H groups in total. The Labute approximate surface area is 164 Å². The number of carbonyl (C=O) groups is 1. The first-order valence-electron chi connectivity index (χ1n) is 8.80. The van der Waals surface area contributed by atoms with Gasteiger partial charge in [0, 0.05) is 30.5 Å². The predicted molar refractivity (Wildman–Crippen MR) is 110 cm³/mol. The molecule has 0 aliphatic carbocycles. The molecule has 1 aliphatic heterocycles. The number of nitrogens with one attached hydrogen (secondary N) is 2. The number of hydrogen-bond donors (Lipinski definition) is 2. The molecule has 1 heterocycles. The number of thiocarbonyl (C=S) groups is 1. The normalized spacial score (nSPS) is 13.7. The predicted octanol–water partition coefficient (Wildman–Crippen LogP) is 2.91. The molecular formula is C20H23N3O3S. The van der Waals surface area contributed by atoms with Gasteiger partial charge in [-0.05, 0) is 42.0 Å². The van der Waals surface area contributed by atoms with Crippen LogP contribution < -0.4 is 15.4 Å². The minimum atomic E-state index is 0.134. The largest absolute Gasteiger partial charge is 0.497 e. The van der Waals surface area contributed by atoms with Crippen LogP contribution in [-0.2, 0) is 16.0 Å². The van der Waals surface area contributed by atoms with E-state index in [1.165, 1.54) is 0 Å². The summed E-state index contributed by atoms with van der Waals surface area (Å²) >= 11 is 5.35. The molecule has 0 aromatic heterocycles. The molecule has 0 unspecified atom stereocenters. The molecule has 142 valence electrons. The molecule has 1 amide bonds. The number of morpholine rings is 1. The van der Waals surface area contributed by atoms with Crippen LogP contribution in [0, 0.1) is 0 Å². The number of ether oxygens (including phenoxy) is 2. The second kappa shape index (κ2) is 9.34. The average molecular weight is 385 g/mol. The maximum atomic E-state index is 12.3. The fourth-order valence-electron chi connectivity index (χ4n) is 2.80. The van der Waals surface area contributed by atoms with Crippen LogP contribution in [0.4, 0.5) is 11.4 Å². The van der Waals surface area contributed by atoms with Crippen molar-refractivity contribution in [3.63, 3.8) is 0 Å². The van der Waals surface area contributed by atoms with Gasteiger partial charge in [0.05, 0.1) is 26.7 Å². The summed E-state index contributed by atoms with van der Waals surface area (Å²) in [5, 5.41) is 6.75. The quantitative estimate of drug-likeness (QED) is 0.772. The molecule has 7 heteroatoms. The Morgan fingerprint density at radius 3 is 2.52 bits per heavy atom. The third-order valence-electron chi connectivity index (χ3n) is 4.26. The molecule has 0 atom stereocenters. The highest BCUT2D eigenvalue weighted by Crippen LogP contribution is 2.17. The van der Waals surface area contributed by atoms with E-state index in [-0.39, 0.29) is 5.91 Å². The van der Waals surface area contributed by atoms with Gasteiger partial charge in [-0.3, -0.25) is 4.79 Å². The lowest BCUT2D eigenvalue weighted by molar-refractivity contribution is -0.134. The Balaban J connectivity index is 1.52. The zero-order valence-electron chi connectivity index (χ0n) is 15.2. The highest BCUT2D eigenvalue weighted by molar-refractivity contribution is 7.80. The maximum Gasteiger partial charge on any atom is 0.227 e. The monoisotopic (exact) mass is 385 g/mol. The minimum absolute atomic E-state index is 0.134. The van der Waals surface area contributed by atoms with Gasteiger partial charge in [0.2, 0.25) is 5.91 Å². The van der Waals surface area contributed by atoms with Crippen LogP contribution in [0.15, 0.2) is 48.5 Å². The van der Waals surface area contributed by atoms with Crippen molar-refractivity contribution in [2.24, 2.45) is 0 Å². The average Bonchev–Trinajstić information content (AvgIpc) is 2.70. The van der Waals surface area contributed by atoms with Gasteiger partial charge in [-0.2, -0.15) is 0 Å². The van der Waals surface area contributed by atoms with Crippen LogP contribution in [0.2, 0.25) is 0 Å². The summed E-state index contributed by atoms with van der Waals surface area (Å²) in [7, 11) is 1.63. The highest BCUT2D eigenvalue weighted by Gasteiger charge is 2.16. The second-order valence-electron chi connectivity index (χ2n) is 6.18. The standard InChI is InChI=1S/C20H23N3O3S/c1-25-18-4-2-3-17(14-18)22-20(27)21-16-7-5-15(6-8-16)13-19(24)23-9-11-26-12-10-23/h2-8,14H,9-13H2,1H3,(H2,21,22,27). The van der Waals surface area contributed by atoms with Crippen molar-refractivity contribution in [3.05, 3.63) is 54.1 Å². The van der Waals surface area contributed by atoms with Crippen molar-refractivity contribution in [2.75, 3.05) is 44.0 Å². The Morgan fingerprint density at radius 2 is 1.81 bits per heavy atom. The molecule has 1 aliphatic rings. The number of benzene rings is 2. The number of nitrogens with zero attached hydrogens (tertiary/aromatic N) is 1. The van der Waals surface area contributed by atoms with Crippen molar-refractivity contribution in [1.82, 2.24) is 4.90 Å². The summed E-state index contributed by atoms with van der Waals surface area (Å²) in [6, 6.07) is 15.3. The number of methoxy groups -OCH3 is 1. The Hall–Kier alpha value is -2.64. The molecule has 0 bridgehead atoms. The summed E-state index contributed by atoms with van der Waals surface area (Å²) in [5.74, 6) is 0.895. The van der Waals surface area contributed by atoms with Gasteiger partial charge in [0.25, 0.3) is 0 Å². The summed E-state index contributed by atoms with van der Waals surface area (Å²) in [4.78, 5) is 14.1. The first kappa shape index (κ1) is 19.1. The summed E-state index contributed by atoms with van der Waals surface area (Å²) < 4.78 is 10.5. The van der Waals surface area contributed by atoms with E-state index < -0.39 is 0 Å². The van der Waals surface area contributed by atoms with Crippen molar-refractivity contribution in [1.29, 1.82) is 0 Å². The van der Waals surface area contributed by atoms with E-state index in [1.807, 2.05) is 53.4 Å². The summed E-state index contributed by atoms with van der Waals surface area (Å²) in [6.07, 6.45) is 0.396. The van der Waals surface area contributed by atoms with E-state index in [4.69, 9.17) is 21.7 Å². The molecule has 1 fully saturated rings. The number of hydrogen-bond acceptors (Lipinski definition) is 4. The Morgan fingerprint density at radius 1 is 1.11 bits per heavy atom. The highest BCUT2D eigenvalue weighted by atomic mass is 32.1. The molecule has 27 heavy (non-hydrogen) atoms. The fourth-order valence-corrected chi connectivity index (χ4v) is 3.04. The van der Waals surface area contributed by atoms with Crippen molar-refractivity contribution < 1.29 is 14.3 Å². The number of rotatable bonds is 5. The zero-order valence-corrected chi connectivity index (χ0v) is 16.1. The number of anilines is 2. The molecule has 2 aromatic rings. The van der Waals surface area contributed by atoms with Crippen molar-refractivity contribution in [2.45, 2.75) is 6.42 Å². The molecule has 2 aromatic carbocycles. The summed E-state index contributed by atoms with van der Waals surface area (Å²) in [6.45, 7) is 2.57. The Bertz CT molecular complexity index is 789. The van der Waals surface area contributed by atoms with E-state index >= 15 is 0 Å². The van der Waals surface area contributed by atoms with Gasteiger partial charge >= 0.3 is 0 Å². The van der Waals surface area contributed by atoms with E-state index in [2.05, 4.69) is 10.6 Å². The number of carbonyl (C=O) groups excluding carboxylic acids is 1. The second-order valence-corrected chi connectivity index (χ2v) is 6.59. The zero-order chi connectivity index (χ0) is 19.1. The third-order valence-corrected chi connectivity index (χ3v) is 4.46. The van der Waals surface area contributed by atoms with E-state index in [9.17, 15) is 4.79 Å². The van der Waals surface area contributed by atoms with Crippen molar-refractivity contribution >= 4 is 34.6 Å². The van der Waals surface area contributed by atoms with Crippen LogP contribution in [0.3, 0.4) is 0 Å². The first-order chi connectivity index (χ1) is 13.1. The van der Waals surface area contributed by atoms with Gasteiger partial charge in [-0.1, -0.05) is 18.2 Å². The molecular weight excluding hydrogens is 362 g/mol. The molecule has 0 spiro atoms. The van der Waals surface area contributed by atoms with Crippen LogP contribution >= 0.6 is 12.2 Å². The molecule has 3 rings (SSSR count). The Kier molecular flexibility index (Phi) is 6.62. The van der Waals surface area contributed by atoms with Crippen LogP contribution in [-0.4, -0.2) is 49.3 Å². The first-order valence-corrected chi connectivity index (χ1v) is 9.21. The van der Waals surface area contributed by atoms with Crippen LogP contribution in [0.5, 0.6) is 5.75 Å². The van der Waals surface area contributed by atoms with E-state index in [0.717, 1.165) is 22.7 Å². The molecule has 0 saturated carbocycles. The lowest BCUT2D eigenvalue weighted by Gasteiger charge is -2.26. The van der Waals surface area contributed by atoms with E-state index in [1.54, 1.807) is 7.11 Å². The topological polar surface area (TPSA) is 62.8 Å². The lowest BCUT2D eigenvalue weighted by atomic mass is 10.1. The van der Waals surface area contributed by atoms with Gasteiger partial charge in [0.1, 0.15) is 5.75 Å². The number of amides is 1. The fraction of sp³-hybridized carbons (Fsp3) is 0.300. The maximum absolute atomic E-state index is 12.3. The smallest absolute Gasteiger partial charge is 0.227 e. The lowest BCUT2D eigenvalue weighted by Crippen LogP contribution is -2.41. The van der Waals surface area contributed by atoms with Gasteiger partial charge < -0.3 is 25.0 Å². The molecule has 6 nitrogen and oxygen atoms in total. The minimum Gasteiger partial charge on any atom is -0.497 e. The molecule has 1 saturated heterocycles. The SMILES string of the molecule is COc1cccc(NC(=S)Nc2ccc(CC(=O)N3CCOCC3)cc2)c1. The van der Waals surface area contributed by atoms with Gasteiger partial charge in [0.15, 0.2) is 5.11 Å². The van der Waals surface area contributed by atoms with Crippen molar-refractivity contribution in [3.8, 4) is 5.75 Å². The van der Waals surface area contributed by atoms with Crippen LogP contribution in [0.25, 0.3) is 0 Å². The molecule has 0 radical (unpaired) electrons. The van der Waals surface area contributed by atoms with Crippen LogP contribution in [0.1, 0.15) is 5.56 Å². The van der Waals surface area contributed by atoms with Gasteiger partial charge in [-0.15, -0.1) is 0 Å². The third kappa shape index (κ3) is 5.67. The van der Waals surface area contributed by atoms with E-state index in [0.29, 0.717) is 37.8 Å². The summed E-state index contributed by atoms with van der Waals surface area (Å²) in [5.41, 5.74) is 2.68. The van der Waals surface area contributed by atoms with Gasteiger partial charge in [-0.25, -0.2) is 0 Å².